The predicted molar refractivity (Wildman–Crippen MR) is 90.0 cm³/mol. The molecule has 2 heterocycles. The van der Waals surface area contributed by atoms with Crippen molar-refractivity contribution in [2.45, 2.75) is 33.4 Å². The Bertz CT molecular complexity index is 922. The van der Waals surface area contributed by atoms with Crippen molar-refractivity contribution in [2.24, 2.45) is 0 Å². The molecule has 0 fully saturated rings. The molecular formula is C16H18N4O2S. The van der Waals surface area contributed by atoms with Crippen LogP contribution in [0.15, 0.2) is 28.7 Å². The molecule has 0 aliphatic rings. The Hall–Kier alpha value is -2.41. The van der Waals surface area contributed by atoms with Crippen LogP contribution in [-0.4, -0.2) is 26.7 Å². The summed E-state index contributed by atoms with van der Waals surface area (Å²) in [5.74, 6) is -0.150. The summed E-state index contributed by atoms with van der Waals surface area (Å²) in [6.45, 7) is 6.53. The molecule has 0 spiro atoms. The molecule has 1 atom stereocenters. The van der Waals surface area contributed by atoms with Crippen molar-refractivity contribution >= 4 is 29.2 Å². The number of aryl methyl sites for hydroxylation is 2. The number of carbonyl (C=O) groups excluding carboxylic acids is 1. The summed E-state index contributed by atoms with van der Waals surface area (Å²) in [5.41, 5.74) is 3.95. The van der Waals surface area contributed by atoms with Crippen LogP contribution in [0.4, 0.5) is 0 Å². The molecule has 0 aliphatic heterocycles. The van der Waals surface area contributed by atoms with E-state index in [1.165, 1.54) is 0 Å². The number of nitrogens with one attached hydrogen (secondary N) is 2. The molecule has 2 N–H and O–H groups in total. The molecular weight excluding hydrogens is 312 g/mol. The fourth-order valence-corrected chi connectivity index (χ4v) is 2.76. The minimum atomic E-state index is -0.150. The van der Waals surface area contributed by atoms with Crippen molar-refractivity contribution in [3.63, 3.8) is 0 Å². The predicted octanol–water partition coefficient (Wildman–Crippen LogP) is 3.12. The molecule has 0 radical (unpaired) electrons. The summed E-state index contributed by atoms with van der Waals surface area (Å²) < 4.78 is 7.24. The maximum Gasteiger partial charge on any atom is 0.266 e. The van der Waals surface area contributed by atoms with Crippen LogP contribution in [0.25, 0.3) is 11.1 Å². The highest BCUT2D eigenvalue weighted by Crippen LogP contribution is 2.15. The summed E-state index contributed by atoms with van der Waals surface area (Å²) in [7, 11) is 0. The maximum absolute atomic E-state index is 12.4. The lowest BCUT2D eigenvalue weighted by Gasteiger charge is -2.15. The Morgan fingerprint density at radius 3 is 2.91 bits per heavy atom. The van der Waals surface area contributed by atoms with E-state index < -0.39 is 0 Å². The Kier molecular flexibility index (Phi) is 4.04. The largest absolute Gasteiger partial charge is 0.429 e. The van der Waals surface area contributed by atoms with Crippen LogP contribution in [-0.2, 0) is 6.54 Å². The zero-order valence-corrected chi connectivity index (χ0v) is 14.0. The van der Waals surface area contributed by atoms with Crippen molar-refractivity contribution in [1.29, 1.82) is 0 Å². The normalized spacial score (nSPS) is 12.5. The highest BCUT2D eigenvalue weighted by Gasteiger charge is 2.13. The number of H-pyrrole nitrogens is 1. The van der Waals surface area contributed by atoms with E-state index in [9.17, 15) is 4.79 Å². The SMILES string of the molecule is Cc1cc(C)n(C[C@@H](C)NC(=O)c2ccc3[nH]c(=S)oc3c2)n1. The number of rotatable bonds is 4. The lowest BCUT2D eigenvalue weighted by atomic mass is 10.2. The monoisotopic (exact) mass is 330 g/mol. The third-order valence-corrected chi connectivity index (χ3v) is 3.80. The van der Waals surface area contributed by atoms with Crippen molar-refractivity contribution in [3.05, 3.63) is 46.1 Å². The number of hydrogen-bond acceptors (Lipinski definition) is 4. The van der Waals surface area contributed by atoms with Gasteiger partial charge in [0.15, 0.2) is 5.58 Å². The lowest BCUT2D eigenvalue weighted by Crippen LogP contribution is -2.36. The summed E-state index contributed by atoms with van der Waals surface area (Å²) >= 11 is 4.95. The van der Waals surface area contributed by atoms with Crippen molar-refractivity contribution < 1.29 is 9.21 Å². The number of aromatic nitrogens is 3. The van der Waals surface area contributed by atoms with E-state index >= 15 is 0 Å². The highest BCUT2D eigenvalue weighted by molar-refractivity contribution is 7.71. The van der Waals surface area contributed by atoms with E-state index in [1.54, 1.807) is 18.2 Å². The molecule has 7 heteroatoms. The topological polar surface area (TPSA) is 75.8 Å². The van der Waals surface area contributed by atoms with Crippen LogP contribution in [0, 0.1) is 18.7 Å². The molecule has 1 aromatic carbocycles. The first kappa shape index (κ1) is 15.5. The molecule has 2 aromatic heterocycles. The third-order valence-electron chi connectivity index (χ3n) is 3.61. The highest BCUT2D eigenvalue weighted by atomic mass is 32.1. The fraction of sp³-hybridized carbons (Fsp3) is 0.312. The van der Waals surface area contributed by atoms with Crippen LogP contribution in [0.2, 0.25) is 0 Å². The standard InChI is InChI=1S/C16H18N4O2S/c1-9-6-11(3)20(19-9)8-10(2)17-15(21)12-4-5-13-14(7-12)22-16(23)18-13/h4-7,10H,8H2,1-3H3,(H,17,21)(H,18,23)/t10-/m1/s1. The van der Waals surface area contributed by atoms with Gasteiger partial charge in [0.25, 0.3) is 10.7 Å². The van der Waals surface area contributed by atoms with Crippen molar-refractivity contribution in [2.75, 3.05) is 0 Å². The number of hydrogen-bond donors (Lipinski definition) is 2. The fourth-order valence-electron chi connectivity index (χ4n) is 2.56. The first-order valence-corrected chi connectivity index (χ1v) is 7.78. The Morgan fingerprint density at radius 2 is 2.22 bits per heavy atom. The number of oxazole rings is 1. The summed E-state index contributed by atoms with van der Waals surface area (Å²) in [5, 5.41) is 7.38. The van der Waals surface area contributed by atoms with Gasteiger partial charge in [-0.25, -0.2) is 0 Å². The van der Waals surface area contributed by atoms with E-state index in [0.29, 0.717) is 22.5 Å². The van der Waals surface area contributed by atoms with Gasteiger partial charge in [-0.3, -0.25) is 9.48 Å². The quantitative estimate of drug-likeness (QED) is 0.721. The van der Waals surface area contributed by atoms with Crippen LogP contribution >= 0.6 is 12.2 Å². The lowest BCUT2D eigenvalue weighted by molar-refractivity contribution is 0.0936. The van der Waals surface area contributed by atoms with Gasteiger partial charge >= 0.3 is 0 Å². The second-order valence-electron chi connectivity index (χ2n) is 5.71. The van der Waals surface area contributed by atoms with E-state index in [2.05, 4.69) is 15.4 Å². The zero-order valence-electron chi connectivity index (χ0n) is 13.2. The van der Waals surface area contributed by atoms with E-state index in [-0.39, 0.29) is 11.9 Å². The number of benzene rings is 1. The molecule has 3 aromatic rings. The number of amides is 1. The van der Waals surface area contributed by atoms with E-state index in [1.807, 2.05) is 31.5 Å². The van der Waals surface area contributed by atoms with Crippen molar-refractivity contribution in [3.8, 4) is 0 Å². The number of carbonyl (C=O) groups is 1. The van der Waals surface area contributed by atoms with Gasteiger partial charge in [0, 0.05) is 17.3 Å². The molecule has 120 valence electrons. The molecule has 0 saturated heterocycles. The molecule has 0 bridgehead atoms. The van der Waals surface area contributed by atoms with Gasteiger partial charge < -0.3 is 14.7 Å². The zero-order chi connectivity index (χ0) is 16.6. The van der Waals surface area contributed by atoms with Crippen LogP contribution in [0.1, 0.15) is 28.7 Å². The number of fused-ring (bicyclic) bond motifs is 1. The second kappa shape index (κ2) is 6.00. The Balaban J connectivity index is 1.71. The molecule has 0 aliphatic carbocycles. The van der Waals surface area contributed by atoms with Gasteiger partial charge in [0.1, 0.15) is 0 Å². The Morgan fingerprint density at radius 1 is 1.43 bits per heavy atom. The first-order chi connectivity index (χ1) is 10.9. The average molecular weight is 330 g/mol. The van der Waals surface area contributed by atoms with Gasteiger partial charge in [0.05, 0.1) is 17.8 Å². The van der Waals surface area contributed by atoms with Gasteiger partial charge in [-0.15, -0.1) is 0 Å². The minimum Gasteiger partial charge on any atom is -0.429 e. The minimum absolute atomic E-state index is 0.0473. The maximum atomic E-state index is 12.4. The van der Waals surface area contributed by atoms with E-state index in [4.69, 9.17) is 16.6 Å². The molecule has 1 amide bonds. The summed E-state index contributed by atoms with van der Waals surface area (Å²) in [4.78, 5) is 15.6. The van der Waals surface area contributed by atoms with Gasteiger partial charge in [-0.2, -0.15) is 5.10 Å². The van der Waals surface area contributed by atoms with Crippen LogP contribution in [0.3, 0.4) is 0 Å². The van der Waals surface area contributed by atoms with Gasteiger partial charge in [-0.1, -0.05) is 0 Å². The van der Waals surface area contributed by atoms with Gasteiger partial charge in [-0.05, 0) is 57.3 Å². The number of aromatic amines is 1. The van der Waals surface area contributed by atoms with Crippen molar-refractivity contribution in [1.82, 2.24) is 20.1 Å². The van der Waals surface area contributed by atoms with Gasteiger partial charge in [0.2, 0.25) is 0 Å². The molecule has 23 heavy (non-hydrogen) atoms. The third kappa shape index (κ3) is 3.34. The molecule has 6 nitrogen and oxygen atoms in total. The average Bonchev–Trinajstić information content (AvgIpc) is 2.99. The summed E-state index contributed by atoms with van der Waals surface area (Å²) in [6.07, 6.45) is 0. The molecule has 3 rings (SSSR count). The van der Waals surface area contributed by atoms with Crippen LogP contribution in [0.5, 0.6) is 0 Å². The van der Waals surface area contributed by atoms with E-state index in [0.717, 1.165) is 16.9 Å². The Labute approximate surface area is 138 Å². The molecule has 0 unspecified atom stereocenters. The second-order valence-corrected chi connectivity index (χ2v) is 6.08. The summed E-state index contributed by atoms with van der Waals surface area (Å²) in [6, 6.07) is 7.19. The smallest absolute Gasteiger partial charge is 0.266 e. The first-order valence-electron chi connectivity index (χ1n) is 7.37. The van der Waals surface area contributed by atoms with Crippen LogP contribution < -0.4 is 5.32 Å². The number of nitrogens with zero attached hydrogens (tertiary/aromatic N) is 2. The molecule has 0 saturated carbocycles.